The number of nitrogens with one attached hydrogen (secondary N) is 2. The summed E-state index contributed by atoms with van der Waals surface area (Å²) in [6, 6.07) is 6.92. The molecular formula is C16H24N2O3. The van der Waals surface area contributed by atoms with Crippen molar-refractivity contribution in [1.82, 2.24) is 5.32 Å². The highest BCUT2D eigenvalue weighted by Gasteiger charge is 2.21. The molecule has 0 aliphatic rings. The molecule has 1 rings (SSSR count). The van der Waals surface area contributed by atoms with E-state index in [9.17, 15) is 9.59 Å². The maximum absolute atomic E-state index is 12.1. The van der Waals surface area contributed by atoms with Crippen LogP contribution in [0.5, 0.6) is 0 Å². The minimum Gasteiger partial charge on any atom is -0.444 e. The van der Waals surface area contributed by atoms with Crippen molar-refractivity contribution in [3.8, 4) is 0 Å². The van der Waals surface area contributed by atoms with Crippen molar-refractivity contribution < 1.29 is 14.3 Å². The van der Waals surface area contributed by atoms with Crippen LogP contribution in [0, 0.1) is 0 Å². The number of rotatable bonds is 4. The van der Waals surface area contributed by atoms with Crippen LogP contribution in [0.4, 0.5) is 10.5 Å². The molecule has 1 aromatic rings. The highest BCUT2D eigenvalue weighted by atomic mass is 16.6. The van der Waals surface area contributed by atoms with Crippen LogP contribution in [-0.4, -0.2) is 23.6 Å². The lowest BCUT2D eigenvalue weighted by molar-refractivity contribution is -0.117. The van der Waals surface area contributed by atoms with Crippen molar-refractivity contribution in [3.05, 3.63) is 29.8 Å². The summed E-state index contributed by atoms with van der Waals surface area (Å²) in [6.07, 6.45) is 0.221. The summed E-state index contributed by atoms with van der Waals surface area (Å²) >= 11 is 0. The summed E-state index contributed by atoms with van der Waals surface area (Å²) in [5.41, 5.74) is 1.23. The molecule has 0 aromatic heterocycles. The summed E-state index contributed by atoms with van der Waals surface area (Å²) in [7, 11) is 0. The number of carbonyl (C=O) groups is 2. The van der Waals surface area contributed by atoms with Gasteiger partial charge < -0.3 is 15.4 Å². The zero-order valence-corrected chi connectivity index (χ0v) is 13.3. The van der Waals surface area contributed by atoms with Crippen LogP contribution in [0.15, 0.2) is 24.3 Å². The first kappa shape index (κ1) is 17.0. The van der Waals surface area contributed by atoms with Crippen molar-refractivity contribution in [2.45, 2.75) is 52.7 Å². The third-order valence-corrected chi connectivity index (χ3v) is 2.78. The molecule has 0 saturated carbocycles. The molecule has 2 N–H and O–H groups in total. The van der Waals surface area contributed by atoms with Crippen LogP contribution in [0.3, 0.4) is 0 Å². The maximum Gasteiger partial charge on any atom is 0.408 e. The number of ether oxygens (including phenoxy) is 1. The van der Waals surface area contributed by atoms with E-state index in [4.69, 9.17) is 4.74 Å². The van der Waals surface area contributed by atoms with Crippen LogP contribution in [-0.2, 0) is 16.0 Å². The van der Waals surface area contributed by atoms with Crippen LogP contribution in [0.1, 0.15) is 40.2 Å². The fraction of sp³-hybridized carbons (Fsp3) is 0.500. The smallest absolute Gasteiger partial charge is 0.408 e. The SMILES string of the molecule is CCc1ccccc1NC(=O)[C@@H](C)NC(=O)OC(C)(C)C. The fourth-order valence-electron chi connectivity index (χ4n) is 1.74. The molecule has 1 aromatic carbocycles. The van der Waals surface area contributed by atoms with E-state index in [-0.39, 0.29) is 5.91 Å². The number of hydrogen-bond acceptors (Lipinski definition) is 3. The number of alkyl carbamates (subject to hydrolysis) is 1. The van der Waals surface area contributed by atoms with Crippen molar-refractivity contribution in [2.75, 3.05) is 5.32 Å². The van der Waals surface area contributed by atoms with Gasteiger partial charge in [-0.2, -0.15) is 0 Å². The number of carbonyl (C=O) groups excluding carboxylic acids is 2. The van der Waals surface area contributed by atoms with Gasteiger partial charge in [0.25, 0.3) is 0 Å². The Labute approximate surface area is 126 Å². The average molecular weight is 292 g/mol. The van der Waals surface area contributed by atoms with Gasteiger partial charge in [-0.1, -0.05) is 25.1 Å². The zero-order chi connectivity index (χ0) is 16.0. The first-order chi connectivity index (χ1) is 9.73. The molecule has 116 valence electrons. The van der Waals surface area contributed by atoms with Crippen LogP contribution in [0.2, 0.25) is 0 Å². The monoisotopic (exact) mass is 292 g/mol. The molecule has 5 heteroatoms. The van der Waals surface area contributed by atoms with Crippen molar-refractivity contribution >= 4 is 17.7 Å². The minimum absolute atomic E-state index is 0.276. The minimum atomic E-state index is -0.676. The molecule has 0 saturated heterocycles. The van der Waals surface area contributed by atoms with E-state index in [0.29, 0.717) is 0 Å². The second-order valence-corrected chi connectivity index (χ2v) is 5.87. The molecule has 0 aliphatic carbocycles. The van der Waals surface area contributed by atoms with Crippen LogP contribution >= 0.6 is 0 Å². The normalized spacial score (nSPS) is 12.4. The standard InChI is InChI=1S/C16H24N2O3/c1-6-12-9-7-8-10-13(12)18-14(19)11(2)17-15(20)21-16(3,4)5/h7-11H,6H2,1-5H3,(H,17,20)(H,18,19)/t11-/m1/s1. The van der Waals surface area contributed by atoms with E-state index in [0.717, 1.165) is 17.7 Å². The van der Waals surface area contributed by atoms with E-state index >= 15 is 0 Å². The lowest BCUT2D eigenvalue weighted by atomic mass is 10.1. The number of benzene rings is 1. The van der Waals surface area contributed by atoms with Crippen molar-refractivity contribution in [3.63, 3.8) is 0 Å². The Morgan fingerprint density at radius 3 is 2.43 bits per heavy atom. The predicted octanol–water partition coefficient (Wildman–Crippen LogP) is 3.10. The van der Waals surface area contributed by atoms with Gasteiger partial charge in [-0.05, 0) is 45.7 Å². The Morgan fingerprint density at radius 1 is 1.24 bits per heavy atom. The van der Waals surface area contributed by atoms with E-state index < -0.39 is 17.7 Å². The van der Waals surface area contributed by atoms with Gasteiger partial charge in [0.1, 0.15) is 11.6 Å². The summed E-state index contributed by atoms with van der Waals surface area (Å²) < 4.78 is 5.12. The molecule has 1 atom stereocenters. The molecular weight excluding hydrogens is 268 g/mol. The number of para-hydroxylation sites is 1. The number of anilines is 1. The van der Waals surface area contributed by atoms with E-state index in [1.54, 1.807) is 27.7 Å². The molecule has 0 heterocycles. The summed E-state index contributed by atoms with van der Waals surface area (Å²) in [5.74, 6) is -0.276. The zero-order valence-electron chi connectivity index (χ0n) is 13.3. The Kier molecular flexibility index (Phi) is 5.76. The molecule has 0 unspecified atom stereocenters. The van der Waals surface area contributed by atoms with Gasteiger partial charge in [-0.3, -0.25) is 4.79 Å². The highest BCUT2D eigenvalue weighted by Crippen LogP contribution is 2.15. The lowest BCUT2D eigenvalue weighted by Crippen LogP contribution is -2.44. The third-order valence-electron chi connectivity index (χ3n) is 2.78. The molecule has 0 fully saturated rings. The molecule has 0 bridgehead atoms. The second kappa shape index (κ2) is 7.11. The Bertz CT molecular complexity index is 506. The topological polar surface area (TPSA) is 67.4 Å². The lowest BCUT2D eigenvalue weighted by Gasteiger charge is -2.22. The van der Waals surface area contributed by atoms with E-state index in [1.165, 1.54) is 0 Å². The van der Waals surface area contributed by atoms with Gasteiger partial charge in [-0.15, -0.1) is 0 Å². The summed E-state index contributed by atoms with van der Waals surface area (Å²) in [6.45, 7) is 8.96. The summed E-state index contributed by atoms with van der Waals surface area (Å²) in [4.78, 5) is 23.7. The average Bonchev–Trinajstić information content (AvgIpc) is 2.36. The summed E-state index contributed by atoms with van der Waals surface area (Å²) in [5, 5.41) is 5.34. The molecule has 5 nitrogen and oxygen atoms in total. The Hall–Kier alpha value is -2.04. The second-order valence-electron chi connectivity index (χ2n) is 5.87. The molecule has 0 aliphatic heterocycles. The Balaban J connectivity index is 2.61. The number of aryl methyl sites for hydroxylation is 1. The van der Waals surface area contributed by atoms with Crippen molar-refractivity contribution in [2.24, 2.45) is 0 Å². The molecule has 21 heavy (non-hydrogen) atoms. The maximum atomic E-state index is 12.1. The van der Waals surface area contributed by atoms with E-state index in [2.05, 4.69) is 10.6 Å². The molecule has 0 spiro atoms. The van der Waals surface area contributed by atoms with Crippen LogP contribution in [0.25, 0.3) is 0 Å². The predicted molar refractivity (Wildman–Crippen MR) is 83.3 cm³/mol. The largest absolute Gasteiger partial charge is 0.444 e. The van der Waals surface area contributed by atoms with Gasteiger partial charge in [0.15, 0.2) is 0 Å². The van der Waals surface area contributed by atoms with Gasteiger partial charge >= 0.3 is 6.09 Å². The van der Waals surface area contributed by atoms with Gasteiger partial charge in [0.2, 0.25) is 5.91 Å². The third kappa shape index (κ3) is 5.85. The molecule has 2 amide bonds. The van der Waals surface area contributed by atoms with Crippen LogP contribution < -0.4 is 10.6 Å². The van der Waals surface area contributed by atoms with E-state index in [1.807, 2.05) is 31.2 Å². The molecule has 0 radical (unpaired) electrons. The van der Waals surface area contributed by atoms with Gasteiger partial charge in [0.05, 0.1) is 0 Å². The van der Waals surface area contributed by atoms with Crippen molar-refractivity contribution in [1.29, 1.82) is 0 Å². The van der Waals surface area contributed by atoms with Gasteiger partial charge in [0, 0.05) is 5.69 Å². The number of amides is 2. The highest BCUT2D eigenvalue weighted by molar-refractivity contribution is 5.96. The first-order valence-electron chi connectivity index (χ1n) is 7.11. The Morgan fingerprint density at radius 2 is 1.86 bits per heavy atom. The van der Waals surface area contributed by atoms with Gasteiger partial charge in [-0.25, -0.2) is 4.79 Å². The quantitative estimate of drug-likeness (QED) is 0.896. The first-order valence-corrected chi connectivity index (χ1v) is 7.11. The number of hydrogen-bond donors (Lipinski definition) is 2. The fourth-order valence-corrected chi connectivity index (χ4v) is 1.74.